The van der Waals surface area contributed by atoms with Crippen molar-refractivity contribution in [3.8, 4) is 11.5 Å². The molecule has 126 valence electrons. The molecular formula is C16H27ClN2O3. The van der Waals surface area contributed by atoms with Crippen LogP contribution in [0.2, 0.25) is 0 Å². The van der Waals surface area contributed by atoms with Crippen molar-refractivity contribution in [2.24, 2.45) is 5.73 Å². The molecular weight excluding hydrogens is 304 g/mol. The fourth-order valence-electron chi connectivity index (χ4n) is 1.83. The average Bonchev–Trinajstić information content (AvgIpc) is 2.50. The SMILES string of the molecule is CCCOc1ccc(C(C)NC(=O)CN)cc1OCCC.Cl. The minimum absolute atomic E-state index is 0. The van der Waals surface area contributed by atoms with Gasteiger partial charge >= 0.3 is 0 Å². The summed E-state index contributed by atoms with van der Waals surface area (Å²) in [6, 6.07) is 5.62. The second kappa shape index (κ2) is 11.2. The van der Waals surface area contributed by atoms with Crippen LogP contribution in [-0.4, -0.2) is 25.7 Å². The first-order chi connectivity index (χ1) is 10.1. The van der Waals surface area contributed by atoms with Gasteiger partial charge in [0.05, 0.1) is 25.8 Å². The fourth-order valence-corrected chi connectivity index (χ4v) is 1.83. The van der Waals surface area contributed by atoms with Gasteiger partial charge in [0.1, 0.15) is 0 Å². The first-order valence-electron chi connectivity index (χ1n) is 7.51. The summed E-state index contributed by atoms with van der Waals surface area (Å²) >= 11 is 0. The van der Waals surface area contributed by atoms with Gasteiger partial charge in [0.2, 0.25) is 5.91 Å². The molecule has 0 radical (unpaired) electrons. The second-order valence-corrected chi connectivity index (χ2v) is 4.90. The van der Waals surface area contributed by atoms with E-state index in [9.17, 15) is 4.79 Å². The van der Waals surface area contributed by atoms with Crippen LogP contribution in [-0.2, 0) is 4.79 Å². The van der Waals surface area contributed by atoms with Gasteiger partial charge in [-0.2, -0.15) is 0 Å². The van der Waals surface area contributed by atoms with E-state index in [1.165, 1.54) is 0 Å². The van der Waals surface area contributed by atoms with Crippen molar-refractivity contribution in [1.29, 1.82) is 0 Å². The lowest BCUT2D eigenvalue weighted by atomic mass is 10.1. The number of amides is 1. The summed E-state index contributed by atoms with van der Waals surface area (Å²) in [7, 11) is 0. The van der Waals surface area contributed by atoms with Gasteiger partial charge in [-0.1, -0.05) is 19.9 Å². The third-order valence-electron chi connectivity index (χ3n) is 2.95. The van der Waals surface area contributed by atoms with Gasteiger partial charge < -0.3 is 20.5 Å². The average molecular weight is 331 g/mol. The summed E-state index contributed by atoms with van der Waals surface area (Å²) < 4.78 is 11.4. The smallest absolute Gasteiger partial charge is 0.234 e. The number of ether oxygens (including phenoxy) is 2. The molecule has 5 nitrogen and oxygen atoms in total. The largest absolute Gasteiger partial charge is 0.490 e. The Balaban J connectivity index is 0.00000441. The lowest BCUT2D eigenvalue weighted by molar-refractivity contribution is -0.120. The number of rotatable bonds is 9. The van der Waals surface area contributed by atoms with E-state index in [0.29, 0.717) is 13.2 Å². The number of nitrogens with two attached hydrogens (primary N) is 1. The highest BCUT2D eigenvalue weighted by atomic mass is 35.5. The molecule has 22 heavy (non-hydrogen) atoms. The van der Waals surface area contributed by atoms with E-state index < -0.39 is 0 Å². The molecule has 0 saturated heterocycles. The number of carbonyl (C=O) groups is 1. The van der Waals surface area contributed by atoms with Crippen molar-refractivity contribution < 1.29 is 14.3 Å². The highest BCUT2D eigenvalue weighted by Crippen LogP contribution is 2.31. The number of benzene rings is 1. The van der Waals surface area contributed by atoms with Gasteiger partial charge in [-0.15, -0.1) is 12.4 Å². The Morgan fingerprint density at radius 3 is 2.32 bits per heavy atom. The van der Waals surface area contributed by atoms with Crippen molar-refractivity contribution in [2.45, 2.75) is 39.7 Å². The molecule has 1 atom stereocenters. The van der Waals surface area contributed by atoms with Gasteiger partial charge in [-0.3, -0.25) is 4.79 Å². The van der Waals surface area contributed by atoms with Crippen LogP contribution in [0.5, 0.6) is 11.5 Å². The van der Waals surface area contributed by atoms with E-state index in [4.69, 9.17) is 15.2 Å². The molecule has 0 bridgehead atoms. The summed E-state index contributed by atoms with van der Waals surface area (Å²) in [6.07, 6.45) is 1.87. The topological polar surface area (TPSA) is 73.6 Å². The maximum atomic E-state index is 11.4. The molecule has 0 aromatic heterocycles. The van der Waals surface area contributed by atoms with Gasteiger partial charge in [0, 0.05) is 0 Å². The normalized spacial score (nSPS) is 11.3. The number of halogens is 1. The van der Waals surface area contributed by atoms with Crippen molar-refractivity contribution in [2.75, 3.05) is 19.8 Å². The zero-order valence-corrected chi connectivity index (χ0v) is 14.4. The maximum absolute atomic E-state index is 11.4. The molecule has 0 aliphatic heterocycles. The summed E-state index contributed by atoms with van der Waals surface area (Å²) in [5.74, 6) is 1.29. The molecule has 0 aliphatic carbocycles. The number of hydrogen-bond acceptors (Lipinski definition) is 4. The highest BCUT2D eigenvalue weighted by molar-refractivity contribution is 5.85. The van der Waals surface area contributed by atoms with Gasteiger partial charge in [0.25, 0.3) is 0 Å². The second-order valence-electron chi connectivity index (χ2n) is 4.90. The lowest BCUT2D eigenvalue weighted by Gasteiger charge is -2.17. The van der Waals surface area contributed by atoms with Crippen molar-refractivity contribution in [3.05, 3.63) is 23.8 Å². The van der Waals surface area contributed by atoms with Crippen LogP contribution in [0, 0.1) is 0 Å². The van der Waals surface area contributed by atoms with E-state index >= 15 is 0 Å². The molecule has 0 fully saturated rings. The van der Waals surface area contributed by atoms with Crippen LogP contribution in [0.4, 0.5) is 0 Å². The monoisotopic (exact) mass is 330 g/mol. The summed E-state index contributed by atoms with van der Waals surface area (Å²) in [5, 5.41) is 2.83. The van der Waals surface area contributed by atoms with E-state index in [2.05, 4.69) is 19.2 Å². The molecule has 1 amide bonds. The molecule has 1 aromatic carbocycles. The Bertz CT molecular complexity index is 455. The molecule has 6 heteroatoms. The Morgan fingerprint density at radius 2 is 1.77 bits per heavy atom. The van der Waals surface area contributed by atoms with Crippen LogP contribution in [0.25, 0.3) is 0 Å². The molecule has 0 heterocycles. The van der Waals surface area contributed by atoms with Crippen LogP contribution < -0.4 is 20.5 Å². The lowest BCUT2D eigenvalue weighted by Crippen LogP contribution is -2.32. The summed E-state index contributed by atoms with van der Waals surface area (Å²) in [5.41, 5.74) is 6.28. The predicted octanol–water partition coefficient (Wildman–Crippen LogP) is 2.82. The Kier molecular flexibility index (Phi) is 10.4. The van der Waals surface area contributed by atoms with Crippen LogP contribution in [0.15, 0.2) is 18.2 Å². The highest BCUT2D eigenvalue weighted by Gasteiger charge is 2.12. The minimum Gasteiger partial charge on any atom is -0.490 e. The van der Waals surface area contributed by atoms with Gasteiger partial charge in [-0.25, -0.2) is 0 Å². The number of nitrogens with one attached hydrogen (secondary N) is 1. The molecule has 0 spiro atoms. The van der Waals surface area contributed by atoms with Gasteiger partial charge in [-0.05, 0) is 37.5 Å². The fraction of sp³-hybridized carbons (Fsp3) is 0.562. The van der Waals surface area contributed by atoms with Crippen LogP contribution in [0.3, 0.4) is 0 Å². The van der Waals surface area contributed by atoms with Crippen LogP contribution in [0.1, 0.15) is 45.2 Å². The third-order valence-corrected chi connectivity index (χ3v) is 2.95. The Hall–Kier alpha value is -1.46. The minimum atomic E-state index is -0.176. The Labute approximate surface area is 139 Å². The molecule has 0 aliphatic rings. The standard InChI is InChI=1S/C16H26N2O3.ClH/c1-4-8-20-14-7-6-13(10-15(14)21-9-5-2)12(3)18-16(19)11-17;/h6-7,10,12H,4-5,8-9,11,17H2,1-3H3,(H,18,19);1H. The van der Waals surface area contributed by atoms with Crippen molar-refractivity contribution >= 4 is 18.3 Å². The Morgan fingerprint density at radius 1 is 1.18 bits per heavy atom. The number of carbonyl (C=O) groups excluding carboxylic acids is 1. The molecule has 0 saturated carbocycles. The van der Waals surface area contributed by atoms with Crippen molar-refractivity contribution in [3.63, 3.8) is 0 Å². The van der Waals surface area contributed by atoms with Crippen LogP contribution >= 0.6 is 12.4 Å². The van der Waals surface area contributed by atoms with Crippen molar-refractivity contribution in [1.82, 2.24) is 5.32 Å². The first kappa shape index (κ1) is 20.5. The molecule has 1 aromatic rings. The summed E-state index contributed by atoms with van der Waals surface area (Å²) in [4.78, 5) is 11.4. The summed E-state index contributed by atoms with van der Waals surface area (Å²) in [6.45, 7) is 7.31. The van der Waals surface area contributed by atoms with E-state index in [-0.39, 0.29) is 30.9 Å². The van der Waals surface area contributed by atoms with E-state index in [0.717, 1.165) is 29.9 Å². The molecule has 1 rings (SSSR count). The van der Waals surface area contributed by atoms with E-state index in [1.807, 2.05) is 25.1 Å². The zero-order valence-electron chi connectivity index (χ0n) is 13.6. The molecule has 3 N–H and O–H groups in total. The maximum Gasteiger partial charge on any atom is 0.234 e. The quantitative estimate of drug-likeness (QED) is 0.730. The predicted molar refractivity (Wildman–Crippen MR) is 90.9 cm³/mol. The van der Waals surface area contributed by atoms with Gasteiger partial charge in [0.15, 0.2) is 11.5 Å². The molecule has 1 unspecified atom stereocenters. The first-order valence-corrected chi connectivity index (χ1v) is 7.51. The number of hydrogen-bond donors (Lipinski definition) is 2. The zero-order chi connectivity index (χ0) is 15.7. The third kappa shape index (κ3) is 6.54. The van der Waals surface area contributed by atoms with E-state index in [1.54, 1.807) is 0 Å².